The highest BCUT2D eigenvalue weighted by atomic mass is 16.1. The minimum absolute atomic E-state index is 0.142. The van der Waals surface area contributed by atoms with Gasteiger partial charge in [0, 0.05) is 5.70 Å². The highest BCUT2D eigenvalue weighted by molar-refractivity contribution is 5.82. The molecule has 16 heavy (non-hydrogen) atoms. The Morgan fingerprint density at radius 1 is 1.31 bits per heavy atom. The summed E-state index contributed by atoms with van der Waals surface area (Å²) in [5, 5.41) is 3.10. The molecule has 1 aromatic carbocycles. The number of hydrogen-bond acceptors (Lipinski definition) is 2. The van der Waals surface area contributed by atoms with E-state index in [0.29, 0.717) is 6.42 Å². The van der Waals surface area contributed by atoms with Crippen LogP contribution in [0.25, 0.3) is 0 Å². The van der Waals surface area contributed by atoms with Gasteiger partial charge in [0.05, 0.1) is 6.04 Å². The van der Waals surface area contributed by atoms with E-state index in [0.717, 1.165) is 5.70 Å². The fourth-order valence-corrected chi connectivity index (χ4v) is 1.55. The first-order chi connectivity index (χ1) is 7.49. The van der Waals surface area contributed by atoms with Crippen molar-refractivity contribution in [3.8, 4) is 0 Å². The van der Waals surface area contributed by atoms with Crippen LogP contribution in [-0.2, 0) is 11.2 Å². The molecule has 0 unspecified atom stereocenters. The van der Waals surface area contributed by atoms with Crippen LogP contribution in [0.1, 0.15) is 25.0 Å². The lowest BCUT2D eigenvalue weighted by atomic mass is 10.0. The van der Waals surface area contributed by atoms with Crippen LogP contribution in [0.15, 0.2) is 36.5 Å². The van der Waals surface area contributed by atoms with Gasteiger partial charge in [-0.1, -0.05) is 36.4 Å². The van der Waals surface area contributed by atoms with E-state index in [1.54, 1.807) is 6.92 Å². The van der Waals surface area contributed by atoms with Crippen molar-refractivity contribution in [1.29, 1.82) is 0 Å². The number of allylic oxidation sites excluding steroid dienone is 1. The van der Waals surface area contributed by atoms with Gasteiger partial charge in [0.2, 0.25) is 0 Å². The van der Waals surface area contributed by atoms with Crippen LogP contribution in [0.5, 0.6) is 0 Å². The Hall–Kier alpha value is -1.57. The predicted molar refractivity (Wildman–Crippen MR) is 67.3 cm³/mol. The molecule has 1 atom stereocenters. The monoisotopic (exact) mass is 217 g/mol. The maximum atomic E-state index is 11.4. The van der Waals surface area contributed by atoms with Crippen molar-refractivity contribution in [3.05, 3.63) is 47.7 Å². The second kappa shape index (κ2) is 5.50. The van der Waals surface area contributed by atoms with Gasteiger partial charge in [0.25, 0.3) is 0 Å². The minimum Gasteiger partial charge on any atom is -0.379 e. The van der Waals surface area contributed by atoms with E-state index in [-0.39, 0.29) is 11.8 Å². The Labute approximate surface area is 97.4 Å². The van der Waals surface area contributed by atoms with Crippen molar-refractivity contribution in [2.24, 2.45) is 0 Å². The molecule has 0 radical (unpaired) electrons. The van der Waals surface area contributed by atoms with Gasteiger partial charge in [-0.2, -0.15) is 0 Å². The van der Waals surface area contributed by atoms with Crippen molar-refractivity contribution in [3.63, 3.8) is 0 Å². The third-order valence-corrected chi connectivity index (χ3v) is 2.47. The Bertz CT molecular complexity index is 378. The lowest BCUT2D eigenvalue weighted by Gasteiger charge is -2.17. The number of hydrogen-bond donors (Lipinski definition) is 1. The molecule has 1 N–H and O–H groups in total. The first-order valence-electron chi connectivity index (χ1n) is 5.47. The molecule has 2 heteroatoms. The van der Waals surface area contributed by atoms with Crippen molar-refractivity contribution in [2.45, 2.75) is 33.2 Å². The van der Waals surface area contributed by atoms with Gasteiger partial charge in [0.1, 0.15) is 0 Å². The summed E-state index contributed by atoms with van der Waals surface area (Å²) < 4.78 is 0. The normalized spacial score (nSPS) is 11.9. The van der Waals surface area contributed by atoms with Crippen LogP contribution in [0, 0.1) is 6.92 Å². The smallest absolute Gasteiger partial charge is 0.152 e. The molecule has 0 bridgehead atoms. The standard InChI is InChI=1S/C14H19NO/c1-10(2)15-14(12(4)16)9-13-7-5-11(3)6-8-13/h5-8,14-15H,1,9H2,2-4H3/t14-/m0/s1. The summed E-state index contributed by atoms with van der Waals surface area (Å²) in [6.07, 6.45) is 0.711. The Kier molecular flexibility index (Phi) is 4.29. The Balaban J connectivity index is 2.71. The average molecular weight is 217 g/mol. The Morgan fingerprint density at radius 2 is 1.88 bits per heavy atom. The number of rotatable bonds is 5. The van der Waals surface area contributed by atoms with E-state index in [1.165, 1.54) is 11.1 Å². The lowest BCUT2D eigenvalue weighted by molar-refractivity contribution is -0.118. The highest BCUT2D eigenvalue weighted by Crippen LogP contribution is 2.07. The molecule has 2 nitrogen and oxygen atoms in total. The van der Waals surface area contributed by atoms with Crippen LogP contribution < -0.4 is 5.32 Å². The summed E-state index contributed by atoms with van der Waals surface area (Å²) in [6.45, 7) is 9.30. The summed E-state index contributed by atoms with van der Waals surface area (Å²) in [5.74, 6) is 0.142. The van der Waals surface area contributed by atoms with Gasteiger partial charge < -0.3 is 5.32 Å². The molecular weight excluding hydrogens is 198 g/mol. The number of carbonyl (C=O) groups excluding carboxylic acids is 1. The van der Waals surface area contributed by atoms with Gasteiger partial charge in [-0.15, -0.1) is 0 Å². The number of benzene rings is 1. The maximum absolute atomic E-state index is 11.4. The van der Waals surface area contributed by atoms with Crippen LogP contribution in [0.3, 0.4) is 0 Å². The molecule has 1 aromatic rings. The number of nitrogens with one attached hydrogen (secondary N) is 1. The molecule has 0 fully saturated rings. The van der Waals surface area contributed by atoms with E-state index in [1.807, 2.05) is 6.92 Å². The van der Waals surface area contributed by atoms with E-state index >= 15 is 0 Å². The molecule has 0 aliphatic rings. The topological polar surface area (TPSA) is 29.1 Å². The van der Waals surface area contributed by atoms with E-state index in [4.69, 9.17) is 0 Å². The average Bonchev–Trinajstić information content (AvgIpc) is 2.19. The van der Waals surface area contributed by atoms with Crippen LogP contribution in [0.2, 0.25) is 0 Å². The second-order valence-corrected chi connectivity index (χ2v) is 4.28. The number of Topliss-reactive ketones (excluding diaryl/α,β-unsaturated/α-hetero) is 1. The predicted octanol–water partition coefficient (Wildman–Crippen LogP) is 2.62. The highest BCUT2D eigenvalue weighted by Gasteiger charge is 2.13. The fraction of sp³-hybridized carbons (Fsp3) is 0.357. The zero-order valence-corrected chi connectivity index (χ0v) is 10.2. The number of aryl methyl sites for hydroxylation is 1. The van der Waals surface area contributed by atoms with Gasteiger partial charge in [-0.3, -0.25) is 4.79 Å². The third-order valence-electron chi connectivity index (χ3n) is 2.47. The molecule has 0 saturated heterocycles. The van der Waals surface area contributed by atoms with E-state index < -0.39 is 0 Å². The SMILES string of the molecule is C=C(C)N[C@@H](Cc1ccc(C)cc1)C(C)=O. The zero-order chi connectivity index (χ0) is 12.1. The lowest BCUT2D eigenvalue weighted by Crippen LogP contribution is -2.35. The summed E-state index contributed by atoms with van der Waals surface area (Å²) in [7, 11) is 0. The van der Waals surface area contributed by atoms with Crippen LogP contribution >= 0.6 is 0 Å². The third kappa shape index (κ3) is 3.89. The molecule has 0 spiro atoms. The molecule has 0 amide bonds. The molecular formula is C14H19NO. The number of ketones is 1. The van der Waals surface area contributed by atoms with Crippen LogP contribution in [0.4, 0.5) is 0 Å². The molecule has 1 rings (SSSR count). The van der Waals surface area contributed by atoms with Crippen LogP contribution in [-0.4, -0.2) is 11.8 Å². The van der Waals surface area contributed by atoms with Crippen molar-refractivity contribution in [1.82, 2.24) is 5.32 Å². The van der Waals surface area contributed by atoms with Crippen molar-refractivity contribution in [2.75, 3.05) is 0 Å². The largest absolute Gasteiger partial charge is 0.379 e. The first-order valence-corrected chi connectivity index (χ1v) is 5.47. The summed E-state index contributed by atoms with van der Waals surface area (Å²) in [6, 6.07) is 8.08. The molecule has 0 aliphatic heterocycles. The molecule has 0 aliphatic carbocycles. The fourth-order valence-electron chi connectivity index (χ4n) is 1.55. The summed E-state index contributed by atoms with van der Waals surface area (Å²) in [5.41, 5.74) is 3.22. The van der Waals surface area contributed by atoms with Crippen molar-refractivity contribution >= 4 is 5.78 Å². The molecule has 0 aromatic heterocycles. The van der Waals surface area contributed by atoms with E-state index in [9.17, 15) is 4.79 Å². The van der Waals surface area contributed by atoms with E-state index in [2.05, 4.69) is 43.1 Å². The second-order valence-electron chi connectivity index (χ2n) is 4.28. The Morgan fingerprint density at radius 3 is 2.31 bits per heavy atom. The molecule has 86 valence electrons. The van der Waals surface area contributed by atoms with Crippen molar-refractivity contribution < 1.29 is 4.79 Å². The first kappa shape index (κ1) is 12.5. The minimum atomic E-state index is -0.166. The molecule has 0 heterocycles. The summed E-state index contributed by atoms with van der Waals surface area (Å²) >= 11 is 0. The summed E-state index contributed by atoms with van der Waals surface area (Å²) in [4.78, 5) is 11.4. The van der Waals surface area contributed by atoms with Gasteiger partial charge >= 0.3 is 0 Å². The zero-order valence-electron chi connectivity index (χ0n) is 10.2. The van der Waals surface area contributed by atoms with Gasteiger partial charge in [0.15, 0.2) is 5.78 Å². The number of carbonyl (C=O) groups is 1. The maximum Gasteiger partial charge on any atom is 0.152 e. The quantitative estimate of drug-likeness (QED) is 0.821. The van der Waals surface area contributed by atoms with Gasteiger partial charge in [-0.25, -0.2) is 0 Å². The van der Waals surface area contributed by atoms with Gasteiger partial charge in [-0.05, 0) is 32.8 Å². The molecule has 0 saturated carbocycles.